The molecule has 2 aromatic rings. The third-order valence-corrected chi connectivity index (χ3v) is 2.78. The molecule has 3 N–H and O–H groups in total. The van der Waals surface area contributed by atoms with E-state index in [1.165, 1.54) is 0 Å². The van der Waals surface area contributed by atoms with Crippen LogP contribution in [0.2, 0.25) is 0 Å². The van der Waals surface area contributed by atoms with Crippen molar-refractivity contribution in [2.24, 2.45) is 5.73 Å². The zero-order valence-corrected chi connectivity index (χ0v) is 10.9. The minimum Gasteiger partial charge on any atom is -0.493 e. The fraction of sp³-hybridized carbons (Fsp3) is 0.133. The van der Waals surface area contributed by atoms with Gasteiger partial charge in [-0.05, 0) is 42.8 Å². The van der Waals surface area contributed by atoms with Crippen molar-refractivity contribution in [1.82, 2.24) is 0 Å². The molecular weight excluding hydrogens is 240 g/mol. The average Bonchev–Trinajstić information content (AvgIpc) is 2.39. The number of aryl methyl sites for hydroxylation is 1. The zero-order valence-electron chi connectivity index (χ0n) is 10.9. The van der Waals surface area contributed by atoms with Crippen molar-refractivity contribution in [2.75, 3.05) is 7.11 Å². The van der Waals surface area contributed by atoms with Gasteiger partial charge in [0.25, 0.3) is 0 Å². The Kier molecular flexibility index (Phi) is 3.71. The van der Waals surface area contributed by atoms with Crippen LogP contribution in [0.25, 0.3) is 0 Å². The van der Waals surface area contributed by atoms with Crippen LogP contribution in [0.3, 0.4) is 0 Å². The Morgan fingerprint density at radius 3 is 2.37 bits per heavy atom. The second-order valence-electron chi connectivity index (χ2n) is 4.14. The van der Waals surface area contributed by atoms with Gasteiger partial charge in [0.15, 0.2) is 11.5 Å². The van der Waals surface area contributed by atoms with Crippen LogP contribution in [0.4, 0.5) is 0 Å². The van der Waals surface area contributed by atoms with E-state index < -0.39 is 0 Å². The van der Waals surface area contributed by atoms with Gasteiger partial charge in [-0.3, -0.25) is 5.41 Å². The number of hydrogen-bond donors (Lipinski definition) is 2. The van der Waals surface area contributed by atoms with E-state index in [0.717, 1.165) is 5.56 Å². The first-order valence-electron chi connectivity index (χ1n) is 5.87. The van der Waals surface area contributed by atoms with Gasteiger partial charge in [-0.1, -0.05) is 12.1 Å². The number of ether oxygens (including phenoxy) is 2. The first-order chi connectivity index (χ1) is 9.11. The highest BCUT2D eigenvalue weighted by molar-refractivity contribution is 5.96. The lowest BCUT2D eigenvalue weighted by Crippen LogP contribution is -2.12. The Morgan fingerprint density at radius 2 is 1.79 bits per heavy atom. The van der Waals surface area contributed by atoms with Crippen LogP contribution in [-0.2, 0) is 0 Å². The van der Waals surface area contributed by atoms with Gasteiger partial charge in [-0.2, -0.15) is 0 Å². The smallest absolute Gasteiger partial charge is 0.169 e. The van der Waals surface area contributed by atoms with E-state index in [-0.39, 0.29) is 5.84 Å². The fourth-order valence-corrected chi connectivity index (χ4v) is 1.83. The molecule has 0 unspecified atom stereocenters. The highest BCUT2D eigenvalue weighted by atomic mass is 16.5. The zero-order chi connectivity index (χ0) is 13.8. The predicted molar refractivity (Wildman–Crippen MR) is 75.3 cm³/mol. The van der Waals surface area contributed by atoms with Gasteiger partial charge in [0.2, 0.25) is 0 Å². The Balaban J connectivity index is 2.29. The molecule has 0 atom stereocenters. The van der Waals surface area contributed by atoms with Crippen LogP contribution in [-0.4, -0.2) is 12.9 Å². The van der Waals surface area contributed by atoms with E-state index in [4.69, 9.17) is 20.6 Å². The number of nitrogens with one attached hydrogen (secondary N) is 1. The number of methoxy groups -OCH3 is 1. The van der Waals surface area contributed by atoms with Gasteiger partial charge >= 0.3 is 0 Å². The molecule has 0 fully saturated rings. The Hall–Kier alpha value is -2.49. The second kappa shape index (κ2) is 5.44. The van der Waals surface area contributed by atoms with Gasteiger partial charge in [-0.15, -0.1) is 0 Å². The number of hydrogen-bond acceptors (Lipinski definition) is 3. The first-order valence-corrected chi connectivity index (χ1v) is 5.87. The summed E-state index contributed by atoms with van der Waals surface area (Å²) >= 11 is 0. The van der Waals surface area contributed by atoms with Gasteiger partial charge < -0.3 is 15.2 Å². The van der Waals surface area contributed by atoms with Crippen LogP contribution in [0.5, 0.6) is 17.2 Å². The number of amidine groups is 1. The van der Waals surface area contributed by atoms with Crippen molar-refractivity contribution >= 4 is 5.84 Å². The van der Waals surface area contributed by atoms with E-state index in [1.54, 1.807) is 19.2 Å². The third-order valence-electron chi connectivity index (χ3n) is 2.78. The molecule has 4 nitrogen and oxygen atoms in total. The highest BCUT2D eigenvalue weighted by Crippen LogP contribution is 2.31. The SMILES string of the molecule is COc1ccccc1Oc1ccc(C(=N)N)c(C)c1. The summed E-state index contributed by atoms with van der Waals surface area (Å²) in [6.45, 7) is 1.89. The molecule has 2 aromatic carbocycles. The molecule has 0 amide bonds. The highest BCUT2D eigenvalue weighted by Gasteiger charge is 2.07. The summed E-state index contributed by atoms with van der Waals surface area (Å²) in [4.78, 5) is 0. The molecule has 0 aliphatic heterocycles. The van der Waals surface area contributed by atoms with Crippen LogP contribution >= 0.6 is 0 Å². The van der Waals surface area contributed by atoms with Crippen LogP contribution < -0.4 is 15.2 Å². The molecule has 0 aliphatic rings. The number of para-hydroxylation sites is 2. The van der Waals surface area contributed by atoms with Crippen molar-refractivity contribution < 1.29 is 9.47 Å². The van der Waals surface area contributed by atoms with Crippen molar-refractivity contribution in [3.8, 4) is 17.2 Å². The lowest BCUT2D eigenvalue weighted by molar-refractivity contribution is 0.379. The topological polar surface area (TPSA) is 68.3 Å². The summed E-state index contributed by atoms with van der Waals surface area (Å²) in [6, 6.07) is 12.9. The van der Waals surface area contributed by atoms with Gasteiger partial charge in [-0.25, -0.2) is 0 Å². The minimum atomic E-state index is 0.0568. The van der Waals surface area contributed by atoms with Crippen molar-refractivity contribution in [3.05, 3.63) is 53.6 Å². The maximum atomic E-state index is 7.45. The summed E-state index contributed by atoms with van der Waals surface area (Å²) in [5.74, 6) is 2.07. The molecule has 0 heterocycles. The van der Waals surface area contributed by atoms with Crippen molar-refractivity contribution in [3.63, 3.8) is 0 Å². The molecule has 0 radical (unpaired) electrons. The van der Waals surface area contributed by atoms with Crippen LogP contribution in [0, 0.1) is 12.3 Å². The molecule has 0 bridgehead atoms. The van der Waals surface area contributed by atoms with Crippen LogP contribution in [0.15, 0.2) is 42.5 Å². The maximum absolute atomic E-state index is 7.45. The molecule has 0 aliphatic carbocycles. The Labute approximate surface area is 112 Å². The molecule has 19 heavy (non-hydrogen) atoms. The molecule has 0 saturated heterocycles. The number of nitrogens with two attached hydrogens (primary N) is 1. The molecule has 0 aromatic heterocycles. The lowest BCUT2D eigenvalue weighted by Gasteiger charge is -2.11. The summed E-state index contributed by atoms with van der Waals surface area (Å²) in [5.41, 5.74) is 7.10. The van der Waals surface area contributed by atoms with E-state index in [0.29, 0.717) is 22.8 Å². The molecule has 2 rings (SSSR count). The van der Waals surface area contributed by atoms with E-state index in [9.17, 15) is 0 Å². The average molecular weight is 256 g/mol. The van der Waals surface area contributed by atoms with Crippen molar-refractivity contribution in [2.45, 2.75) is 6.92 Å². The molecular formula is C15H16N2O2. The van der Waals surface area contributed by atoms with Gasteiger partial charge in [0.05, 0.1) is 7.11 Å². The normalized spacial score (nSPS) is 10.0. The van der Waals surface area contributed by atoms with Gasteiger partial charge in [0, 0.05) is 5.56 Å². The predicted octanol–water partition coefficient (Wildman–Crippen LogP) is 3.08. The number of rotatable bonds is 4. The fourth-order valence-electron chi connectivity index (χ4n) is 1.83. The molecule has 98 valence electrons. The molecule has 0 spiro atoms. The maximum Gasteiger partial charge on any atom is 0.169 e. The summed E-state index contributed by atoms with van der Waals surface area (Å²) in [7, 11) is 1.60. The third kappa shape index (κ3) is 2.85. The minimum absolute atomic E-state index is 0.0568. The summed E-state index contributed by atoms with van der Waals surface area (Å²) in [6.07, 6.45) is 0. The number of nitrogen functional groups attached to an aromatic ring is 1. The summed E-state index contributed by atoms with van der Waals surface area (Å²) in [5, 5.41) is 7.45. The largest absolute Gasteiger partial charge is 0.493 e. The first kappa shape index (κ1) is 13.0. The number of benzene rings is 2. The van der Waals surface area contributed by atoms with Gasteiger partial charge in [0.1, 0.15) is 11.6 Å². The Bertz CT molecular complexity index is 609. The quantitative estimate of drug-likeness (QED) is 0.652. The van der Waals surface area contributed by atoms with Crippen molar-refractivity contribution in [1.29, 1.82) is 5.41 Å². The molecule has 0 saturated carbocycles. The summed E-state index contributed by atoms with van der Waals surface area (Å²) < 4.78 is 11.0. The van der Waals surface area contributed by atoms with Crippen LogP contribution in [0.1, 0.15) is 11.1 Å². The monoisotopic (exact) mass is 256 g/mol. The Morgan fingerprint density at radius 1 is 1.11 bits per heavy atom. The standard InChI is InChI=1S/C15H16N2O2/c1-10-9-11(7-8-12(10)15(16)17)19-14-6-4-3-5-13(14)18-2/h3-9H,1-2H3,(H3,16,17). The molecule has 4 heteroatoms. The van der Waals surface area contributed by atoms with E-state index in [1.807, 2.05) is 37.3 Å². The lowest BCUT2D eigenvalue weighted by atomic mass is 10.1. The van der Waals surface area contributed by atoms with E-state index >= 15 is 0 Å². The second-order valence-corrected chi connectivity index (χ2v) is 4.14. The van der Waals surface area contributed by atoms with E-state index in [2.05, 4.69) is 0 Å².